The van der Waals surface area contributed by atoms with Crippen LogP contribution in [-0.4, -0.2) is 48.1 Å². The van der Waals surface area contributed by atoms with E-state index in [-0.39, 0.29) is 6.29 Å². The lowest BCUT2D eigenvalue weighted by molar-refractivity contribution is -0.138. The summed E-state index contributed by atoms with van der Waals surface area (Å²) in [6.45, 7) is 5.15. The van der Waals surface area contributed by atoms with Gasteiger partial charge >= 0.3 is 5.97 Å². The van der Waals surface area contributed by atoms with E-state index in [0.29, 0.717) is 19.6 Å². The maximum absolute atomic E-state index is 10.5. The third-order valence-electron chi connectivity index (χ3n) is 2.09. The Hall–Kier alpha value is -0.300. The highest BCUT2D eigenvalue weighted by molar-refractivity contribution is 7.99. The van der Waals surface area contributed by atoms with Gasteiger partial charge in [0.1, 0.15) is 6.04 Å². The normalized spacial score (nSPS) is 12.9. The molecular weight excluding hydrogens is 242 g/mol. The van der Waals surface area contributed by atoms with Gasteiger partial charge < -0.3 is 20.3 Å². The highest BCUT2D eigenvalue weighted by Gasteiger charge is 2.11. The number of aliphatic carboxylic acids is 1. The zero-order valence-corrected chi connectivity index (χ0v) is 11.4. The first-order valence-corrected chi connectivity index (χ1v) is 7.06. The Morgan fingerprint density at radius 3 is 2.24 bits per heavy atom. The van der Waals surface area contributed by atoms with Crippen molar-refractivity contribution < 1.29 is 19.4 Å². The van der Waals surface area contributed by atoms with Crippen molar-refractivity contribution in [3.63, 3.8) is 0 Å². The Morgan fingerprint density at radius 1 is 1.24 bits per heavy atom. The molecule has 0 aliphatic heterocycles. The van der Waals surface area contributed by atoms with Crippen LogP contribution in [0.15, 0.2) is 0 Å². The number of ether oxygens (including phenoxy) is 2. The Morgan fingerprint density at radius 2 is 1.76 bits per heavy atom. The van der Waals surface area contributed by atoms with Crippen molar-refractivity contribution in [1.82, 2.24) is 0 Å². The average Bonchev–Trinajstić information content (AvgIpc) is 2.28. The van der Waals surface area contributed by atoms with Crippen molar-refractivity contribution in [1.29, 1.82) is 0 Å². The Labute approximate surface area is 107 Å². The quantitative estimate of drug-likeness (QED) is 0.433. The fourth-order valence-corrected chi connectivity index (χ4v) is 2.19. The number of rotatable bonds is 11. The van der Waals surface area contributed by atoms with Crippen molar-refractivity contribution in [2.45, 2.75) is 39.0 Å². The summed E-state index contributed by atoms with van der Waals surface area (Å²) in [6.07, 6.45) is 1.16. The molecule has 0 saturated carbocycles. The van der Waals surface area contributed by atoms with E-state index < -0.39 is 12.0 Å². The molecule has 0 aliphatic carbocycles. The lowest BCUT2D eigenvalue weighted by atomic mass is 10.2. The summed E-state index contributed by atoms with van der Waals surface area (Å²) in [6, 6.07) is -0.753. The number of nitrogens with two attached hydrogens (primary N) is 1. The van der Waals surface area contributed by atoms with Crippen molar-refractivity contribution in [3.8, 4) is 0 Å². The molecule has 0 saturated heterocycles. The zero-order valence-electron chi connectivity index (χ0n) is 10.6. The topological polar surface area (TPSA) is 81.8 Å². The molecule has 1 unspecified atom stereocenters. The standard InChI is InChI=1S/C11H23NO4S/c1-3-15-10(16-4-2)6-8-17-7-5-9(12)11(13)14/h9-10H,3-8,12H2,1-2H3,(H,13,14). The van der Waals surface area contributed by atoms with Gasteiger partial charge in [0.2, 0.25) is 0 Å². The summed E-state index contributed by atoms with van der Waals surface area (Å²) in [5, 5.41) is 8.59. The highest BCUT2D eigenvalue weighted by atomic mass is 32.2. The van der Waals surface area contributed by atoms with Crippen LogP contribution < -0.4 is 5.73 Å². The van der Waals surface area contributed by atoms with Crippen LogP contribution in [0.3, 0.4) is 0 Å². The minimum Gasteiger partial charge on any atom is -0.480 e. The maximum Gasteiger partial charge on any atom is 0.320 e. The van der Waals surface area contributed by atoms with Gasteiger partial charge in [-0.15, -0.1) is 0 Å². The summed E-state index contributed by atoms with van der Waals surface area (Å²) in [5.74, 6) is 0.697. The van der Waals surface area contributed by atoms with Crippen LogP contribution in [0, 0.1) is 0 Å². The van der Waals surface area contributed by atoms with Gasteiger partial charge in [-0.1, -0.05) is 0 Å². The zero-order chi connectivity index (χ0) is 13.1. The van der Waals surface area contributed by atoms with Crippen LogP contribution in [-0.2, 0) is 14.3 Å². The van der Waals surface area contributed by atoms with Gasteiger partial charge in [0.15, 0.2) is 6.29 Å². The molecule has 0 aliphatic rings. The lowest BCUT2D eigenvalue weighted by Crippen LogP contribution is -2.30. The molecule has 17 heavy (non-hydrogen) atoms. The smallest absolute Gasteiger partial charge is 0.320 e. The molecule has 0 amide bonds. The van der Waals surface area contributed by atoms with Crippen LogP contribution in [0.4, 0.5) is 0 Å². The molecule has 0 bridgehead atoms. The highest BCUT2D eigenvalue weighted by Crippen LogP contribution is 2.10. The SMILES string of the molecule is CCOC(CCSCCC(N)C(=O)O)OCC. The van der Waals surface area contributed by atoms with Gasteiger partial charge in [0.05, 0.1) is 0 Å². The molecule has 0 spiro atoms. The monoisotopic (exact) mass is 265 g/mol. The van der Waals surface area contributed by atoms with Crippen LogP contribution in [0.2, 0.25) is 0 Å². The number of thioether (sulfide) groups is 1. The van der Waals surface area contributed by atoms with E-state index >= 15 is 0 Å². The minimum atomic E-state index is -0.938. The van der Waals surface area contributed by atoms with E-state index in [1.807, 2.05) is 13.8 Å². The maximum atomic E-state index is 10.5. The predicted octanol–water partition coefficient (Wildman–Crippen LogP) is 1.31. The first kappa shape index (κ1) is 16.7. The first-order valence-electron chi connectivity index (χ1n) is 5.91. The second-order valence-corrected chi connectivity index (χ2v) is 4.70. The molecule has 0 rings (SSSR count). The number of hydrogen-bond acceptors (Lipinski definition) is 5. The second-order valence-electron chi connectivity index (χ2n) is 3.47. The predicted molar refractivity (Wildman–Crippen MR) is 69.2 cm³/mol. The van der Waals surface area contributed by atoms with Gasteiger partial charge in [-0.2, -0.15) is 11.8 Å². The van der Waals surface area contributed by atoms with E-state index in [1.54, 1.807) is 11.8 Å². The molecular formula is C11H23NO4S. The third kappa shape index (κ3) is 9.41. The molecule has 1 atom stereocenters. The van der Waals surface area contributed by atoms with E-state index in [1.165, 1.54) is 0 Å². The third-order valence-corrected chi connectivity index (χ3v) is 3.14. The van der Waals surface area contributed by atoms with Crippen molar-refractivity contribution in [2.75, 3.05) is 24.7 Å². The van der Waals surface area contributed by atoms with Gasteiger partial charge in [-0.05, 0) is 31.8 Å². The van der Waals surface area contributed by atoms with Crippen molar-refractivity contribution in [2.24, 2.45) is 5.73 Å². The molecule has 3 N–H and O–H groups in total. The van der Waals surface area contributed by atoms with Gasteiger partial charge in [0, 0.05) is 19.6 Å². The average molecular weight is 265 g/mol. The van der Waals surface area contributed by atoms with Crippen LogP contribution in [0.5, 0.6) is 0 Å². The molecule has 0 radical (unpaired) electrons. The van der Waals surface area contributed by atoms with E-state index in [4.69, 9.17) is 20.3 Å². The summed E-state index contributed by atoms with van der Waals surface area (Å²) in [5.41, 5.74) is 5.39. The molecule has 0 aromatic rings. The molecule has 5 nitrogen and oxygen atoms in total. The lowest BCUT2D eigenvalue weighted by Gasteiger charge is -2.16. The van der Waals surface area contributed by atoms with Gasteiger partial charge in [-0.25, -0.2) is 0 Å². The van der Waals surface area contributed by atoms with Crippen LogP contribution in [0.25, 0.3) is 0 Å². The molecule has 102 valence electrons. The van der Waals surface area contributed by atoms with Gasteiger partial charge in [-0.3, -0.25) is 4.79 Å². The number of carboxylic acid groups (broad SMARTS) is 1. The van der Waals surface area contributed by atoms with E-state index in [2.05, 4.69) is 0 Å². The minimum absolute atomic E-state index is 0.148. The largest absolute Gasteiger partial charge is 0.480 e. The summed E-state index contributed by atoms with van der Waals surface area (Å²) in [4.78, 5) is 10.5. The van der Waals surface area contributed by atoms with Crippen LogP contribution >= 0.6 is 11.8 Å². The number of carboxylic acids is 1. The fourth-order valence-electron chi connectivity index (χ4n) is 1.20. The van der Waals surface area contributed by atoms with E-state index in [9.17, 15) is 4.79 Å². The summed E-state index contributed by atoms with van der Waals surface area (Å²) < 4.78 is 10.8. The second kappa shape index (κ2) is 10.8. The van der Waals surface area contributed by atoms with Crippen molar-refractivity contribution >= 4 is 17.7 Å². The van der Waals surface area contributed by atoms with E-state index in [0.717, 1.165) is 17.9 Å². The Balaban J connectivity index is 3.50. The Kier molecular flexibility index (Phi) is 10.6. The molecule has 6 heteroatoms. The number of carbonyl (C=O) groups is 1. The van der Waals surface area contributed by atoms with Crippen molar-refractivity contribution in [3.05, 3.63) is 0 Å². The first-order chi connectivity index (χ1) is 8.11. The Bertz CT molecular complexity index is 198. The fraction of sp³-hybridized carbons (Fsp3) is 0.909. The molecule has 0 heterocycles. The van der Waals surface area contributed by atoms with Crippen LogP contribution in [0.1, 0.15) is 26.7 Å². The molecule has 0 aromatic carbocycles. The summed E-state index contributed by atoms with van der Waals surface area (Å²) >= 11 is 1.68. The molecule has 0 fully saturated rings. The number of hydrogen-bond donors (Lipinski definition) is 2. The molecule has 0 aromatic heterocycles. The summed E-state index contributed by atoms with van der Waals surface area (Å²) in [7, 11) is 0. The van der Waals surface area contributed by atoms with Gasteiger partial charge in [0.25, 0.3) is 0 Å².